The second kappa shape index (κ2) is 2.59. The second-order valence-corrected chi connectivity index (χ2v) is 2.11. The molecule has 10 heavy (non-hydrogen) atoms. The van der Waals surface area contributed by atoms with E-state index in [1.807, 2.05) is 13.0 Å². The molecule has 0 aliphatic carbocycles. The minimum Gasteiger partial charge on any atom is -0.466 e. The molecule has 2 N–H and O–H groups in total. The molecule has 1 aromatic heterocycles. The van der Waals surface area contributed by atoms with Crippen molar-refractivity contribution in [1.82, 2.24) is 0 Å². The fourth-order valence-electron chi connectivity index (χ4n) is 0.779. The van der Waals surface area contributed by atoms with Gasteiger partial charge in [-0.1, -0.05) is 5.92 Å². The summed E-state index contributed by atoms with van der Waals surface area (Å²) in [6.45, 7) is 1.91. The van der Waals surface area contributed by atoms with Crippen molar-refractivity contribution >= 4 is 0 Å². The van der Waals surface area contributed by atoms with Crippen molar-refractivity contribution in [3.8, 4) is 12.3 Å². The lowest BCUT2D eigenvalue weighted by Gasteiger charge is -1.99. The molecular weight excluding hydrogens is 126 g/mol. The molecule has 0 saturated carbocycles. The Hall–Kier alpha value is -1.20. The number of hydrogen-bond acceptors (Lipinski definition) is 2. The molecule has 2 nitrogen and oxygen atoms in total. The zero-order chi connectivity index (χ0) is 7.56. The molecular formula is C8H9NO. The Kier molecular flexibility index (Phi) is 1.79. The molecule has 1 atom stereocenters. The minimum atomic E-state index is -0.407. The molecule has 0 fully saturated rings. The molecule has 0 saturated heterocycles. The zero-order valence-corrected chi connectivity index (χ0v) is 5.79. The van der Waals surface area contributed by atoms with E-state index in [0.717, 1.165) is 5.56 Å². The van der Waals surface area contributed by atoms with E-state index in [-0.39, 0.29) is 0 Å². The lowest BCUT2D eigenvalue weighted by molar-refractivity contribution is 0.495. The number of hydrogen-bond donors (Lipinski definition) is 1. The third kappa shape index (κ3) is 1.04. The smallest absolute Gasteiger partial charge is 0.135 e. The second-order valence-electron chi connectivity index (χ2n) is 2.11. The molecule has 0 radical (unpaired) electrons. The molecule has 0 aliphatic heterocycles. The van der Waals surface area contributed by atoms with Crippen LogP contribution < -0.4 is 5.73 Å². The van der Waals surface area contributed by atoms with E-state index in [2.05, 4.69) is 5.92 Å². The molecule has 2 heteroatoms. The summed E-state index contributed by atoms with van der Waals surface area (Å²) >= 11 is 0. The molecule has 1 rings (SSSR count). The van der Waals surface area contributed by atoms with Crippen LogP contribution in [0.5, 0.6) is 0 Å². The Morgan fingerprint density at radius 2 is 2.50 bits per heavy atom. The first-order valence-electron chi connectivity index (χ1n) is 3.01. The van der Waals surface area contributed by atoms with Crippen molar-refractivity contribution in [3.63, 3.8) is 0 Å². The van der Waals surface area contributed by atoms with Crippen molar-refractivity contribution in [3.05, 3.63) is 23.7 Å². The van der Waals surface area contributed by atoms with Gasteiger partial charge in [0.1, 0.15) is 11.8 Å². The molecule has 1 heterocycles. The third-order valence-electron chi connectivity index (χ3n) is 1.36. The highest BCUT2D eigenvalue weighted by Crippen LogP contribution is 2.14. The number of aryl methyl sites for hydroxylation is 1. The monoisotopic (exact) mass is 135 g/mol. The SMILES string of the molecule is C#CC(N)c1occc1C. The Bertz CT molecular complexity index is 256. The first kappa shape index (κ1) is 6.91. The van der Waals surface area contributed by atoms with E-state index in [0.29, 0.717) is 5.76 Å². The Morgan fingerprint density at radius 3 is 2.90 bits per heavy atom. The lowest BCUT2D eigenvalue weighted by Crippen LogP contribution is -2.06. The molecule has 0 spiro atoms. The number of furan rings is 1. The van der Waals surface area contributed by atoms with E-state index < -0.39 is 6.04 Å². The van der Waals surface area contributed by atoms with Crippen LogP contribution in [-0.4, -0.2) is 0 Å². The van der Waals surface area contributed by atoms with Gasteiger partial charge in [0.2, 0.25) is 0 Å². The van der Waals surface area contributed by atoms with Crippen molar-refractivity contribution < 1.29 is 4.42 Å². The van der Waals surface area contributed by atoms with Crippen molar-refractivity contribution in [2.45, 2.75) is 13.0 Å². The summed E-state index contributed by atoms with van der Waals surface area (Å²) in [5.74, 6) is 3.08. The van der Waals surface area contributed by atoms with Crippen LogP contribution >= 0.6 is 0 Å². The standard InChI is InChI=1S/C8H9NO/c1-3-7(9)8-6(2)4-5-10-8/h1,4-5,7H,9H2,2H3. The van der Waals surface area contributed by atoms with Crippen LogP contribution in [0, 0.1) is 19.3 Å². The lowest BCUT2D eigenvalue weighted by atomic mass is 10.2. The molecule has 0 aliphatic rings. The van der Waals surface area contributed by atoms with Gasteiger partial charge in [0.25, 0.3) is 0 Å². The number of terminal acetylenes is 1. The predicted octanol–water partition coefficient (Wildman–Crippen LogP) is 1.22. The van der Waals surface area contributed by atoms with E-state index in [9.17, 15) is 0 Å². The largest absolute Gasteiger partial charge is 0.466 e. The zero-order valence-electron chi connectivity index (χ0n) is 5.79. The average Bonchev–Trinajstić information content (AvgIpc) is 2.34. The van der Waals surface area contributed by atoms with Crippen molar-refractivity contribution in [1.29, 1.82) is 0 Å². The van der Waals surface area contributed by atoms with Gasteiger partial charge in [0, 0.05) is 0 Å². The predicted molar refractivity (Wildman–Crippen MR) is 39.2 cm³/mol. The molecule has 0 aromatic carbocycles. The summed E-state index contributed by atoms with van der Waals surface area (Å²) in [4.78, 5) is 0. The quantitative estimate of drug-likeness (QED) is 0.588. The van der Waals surface area contributed by atoms with Crippen LogP contribution in [0.4, 0.5) is 0 Å². The van der Waals surface area contributed by atoms with Crippen molar-refractivity contribution in [2.24, 2.45) is 5.73 Å². The van der Waals surface area contributed by atoms with Gasteiger partial charge in [0.15, 0.2) is 0 Å². The maximum Gasteiger partial charge on any atom is 0.135 e. The van der Waals surface area contributed by atoms with Gasteiger partial charge in [-0.15, -0.1) is 6.42 Å². The molecule has 52 valence electrons. The van der Waals surface area contributed by atoms with Crippen LogP contribution in [0.3, 0.4) is 0 Å². The van der Waals surface area contributed by atoms with E-state index in [4.69, 9.17) is 16.6 Å². The van der Waals surface area contributed by atoms with Crippen LogP contribution in [0.15, 0.2) is 16.7 Å². The van der Waals surface area contributed by atoms with Crippen LogP contribution in [0.1, 0.15) is 17.4 Å². The van der Waals surface area contributed by atoms with Gasteiger partial charge in [-0.25, -0.2) is 0 Å². The highest BCUT2D eigenvalue weighted by molar-refractivity contribution is 5.23. The molecule has 0 amide bonds. The van der Waals surface area contributed by atoms with E-state index in [1.165, 1.54) is 0 Å². The maximum atomic E-state index is 5.51. The summed E-state index contributed by atoms with van der Waals surface area (Å²) in [5, 5.41) is 0. The maximum absolute atomic E-state index is 5.51. The summed E-state index contributed by atoms with van der Waals surface area (Å²) in [6.07, 6.45) is 6.68. The summed E-state index contributed by atoms with van der Waals surface area (Å²) in [7, 11) is 0. The van der Waals surface area contributed by atoms with Crippen LogP contribution in [0.2, 0.25) is 0 Å². The minimum absolute atomic E-state index is 0.407. The third-order valence-corrected chi connectivity index (χ3v) is 1.36. The fraction of sp³-hybridized carbons (Fsp3) is 0.250. The fourth-order valence-corrected chi connectivity index (χ4v) is 0.779. The first-order chi connectivity index (χ1) is 4.75. The summed E-state index contributed by atoms with van der Waals surface area (Å²) < 4.78 is 5.05. The normalized spacial score (nSPS) is 12.5. The topological polar surface area (TPSA) is 39.2 Å². The number of rotatable bonds is 1. The number of nitrogens with two attached hydrogens (primary N) is 1. The Morgan fingerprint density at radius 1 is 1.80 bits per heavy atom. The van der Waals surface area contributed by atoms with Crippen LogP contribution in [-0.2, 0) is 0 Å². The highest BCUT2D eigenvalue weighted by atomic mass is 16.3. The van der Waals surface area contributed by atoms with Crippen molar-refractivity contribution in [2.75, 3.05) is 0 Å². The van der Waals surface area contributed by atoms with E-state index >= 15 is 0 Å². The van der Waals surface area contributed by atoms with Gasteiger partial charge in [-0.3, -0.25) is 0 Å². The van der Waals surface area contributed by atoms with Gasteiger partial charge in [0.05, 0.1) is 6.26 Å². The molecule has 1 aromatic rings. The van der Waals surface area contributed by atoms with Gasteiger partial charge < -0.3 is 10.2 Å². The Balaban J connectivity index is 2.96. The highest BCUT2D eigenvalue weighted by Gasteiger charge is 2.07. The van der Waals surface area contributed by atoms with Gasteiger partial charge in [-0.2, -0.15) is 0 Å². The van der Waals surface area contributed by atoms with Crippen LogP contribution in [0.25, 0.3) is 0 Å². The molecule has 0 bridgehead atoms. The van der Waals surface area contributed by atoms with Gasteiger partial charge in [-0.05, 0) is 18.6 Å². The summed E-state index contributed by atoms with van der Waals surface area (Å²) in [6, 6.07) is 1.43. The first-order valence-corrected chi connectivity index (χ1v) is 3.01. The summed E-state index contributed by atoms with van der Waals surface area (Å²) in [5.41, 5.74) is 6.51. The average molecular weight is 135 g/mol. The van der Waals surface area contributed by atoms with E-state index in [1.54, 1.807) is 6.26 Å². The Labute approximate surface area is 60.0 Å². The van der Waals surface area contributed by atoms with Gasteiger partial charge >= 0.3 is 0 Å². The molecule has 1 unspecified atom stereocenters.